The molecule has 2 aromatic carbocycles. The second-order valence-corrected chi connectivity index (χ2v) is 18.2. The number of primary amides is 3. The second-order valence-electron chi connectivity index (χ2n) is 18.2. The van der Waals surface area contributed by atoms with Gasteiger partial charge >= 0.3 is 11.9 Å². The van der Waals surface area contributed by atoms with E-state index in [0.29, 0.717) is 18.4 Å². The van der Waals surface area contributed by atoms with E-state index in [4.69, 9.17) is 28.0 Å². The molecule has 1 aromatic heterocycles. The van der Waals surface area contributed by atoms with Gasteiger partial charge in [0.25, 0.3) is 0 Å². The van der Waals surface area contributed by atoms with Crippen LogP contribution in [0.4, 0.5) is 0 Å². The van der Waals surface area contributed by atoms with Crippen molar-refractivity contribution >= 4 is 81.9 Å². The molecule has 8 atom stereocenters. The van der Waals surface area contributed by atoms with Crippen LogP contribution in [0.25, 0.3) is 10.9 Å². The monoisotopic (exact) mass is 1030 g/mol. The number of hydrogen-bond donors (Lipinski definition) is 12. The van der Waals surface area contributed by atoms with Gasteiger partial charge in [0, 0.05) is 49.5 Å². The van der Waals surface area contributed by atoms with E-state index in [1.54, 1.807) is 36.5 Å². The predicted molar refractivity (Wildman–Crippen MR) is 260 cm³/mol. The number of carbonyl (C=O) groups is 12. The molecule has 10 amide bonds. The number of nitrogens with two attached hydrogens (primary N) is 4. The topological polar surface area (TPSA) is 432 Å². The summed E-state index contributed by atoms with van der Waals surface area (Å²) >= 11 is 0. The van der Waals surface area contributed by atoms with Gasteiger partial charge in [-0.15, -0.1) is 0 Å². The van der Waals surface area contributed by atoms with Gasteiger partial charge in [0.1, 0.15) is 42.3 Å². The van der Waals surface area contributed by atoms with Gasteiger partial charge in [-0.25, -0.2) is 4.79 Å². The molecule has 26 nitrogen and oxygen atoms in total. The van der Waals surface area contributed by atoms with Crippen molar-refractivity contribution in [2.75, 3.05) is 13.1 Å². The number of carboxylic acids is 2. The number of carboxylic acid groups (broad SMARTS) is 2. The second kappa shape index (κ2) is 26.3. The quantitative estimate of drug-likeness (QED) is 0.0355. The Kier molecular flexibility index (Phi) is 20.1. The number of aromatic amines is 1. The minimum atomic E-state index is -1.95. The molecule has 5 rings (SSSR count). The summed E-state index contributed by atoms with van der Waals surface area (Å²) in [6, 6.07) is 4.09. The summed E-state index contributed by atoms with van der Waals surface area (Å²) in [5, 5.41) is 31.5. The van der Waals surface area contributed by atoms with Gasteiger partial charge in [0.15, 0.2) is 0 Å². The Morgan fingerprint density at radius 1 is 0.595 bits per heavy atom. The van der Waals surface area contributed by atoms with Crippen molar-refractivity contribution in [3.05, 3.63) is 71.9 Å². The molecule has 398 valence electrons. The molecule has 0 saturated carbocycles. The van der Waals surface area contributed by atoms with E-state index < -0.39 is 158 Å². The van der Waals surface area contributed by atoms with Crippen LogP contribution in [-0.4, -0.2) is 157 Å². The van der Waals surface area contributed by atoms with Crippen molar-refractivity contribution in [1.82, 2.24) is 41.4 Å². The number of likely N-dealkylation sites (tertiary alicyclic amines) is 2. The fourth-order valence-electron chi connectivity index (χ4n) is 8.92. The zero-order valence-electron chi connectivity index (χ0n) is 40.3. The van der Waals surface area contributed by atoms with Crippen LogP contribution in [0.1, 0.15) is 75.3 Å². The normalized spacial score (nSPS) is 17.6. The van der Waals surface area contributed by atoms with Gasteiger partial charge in [-0.1, -0.05) is 48.5 Å². The van der Waals surface area contributed by atoms with Crippen LogP contribution in [-0.2, 0) is 70.4 Å². The molecule has 0 spiro atoms. The van der Waals surface area contributed by atoms with Gasteiger partial charge in [0.2, 0.25) is 59.1 Å². The van der Waals surface area contributed by atoms with Gasteiger partial charge in [-0.05, 0) is 62.1 Å². The first-order chi connectivity index (χ1) is 35.1. The lowest BCUT2D eigenvalue weighted by molar-refractivity contribution is -0.148. The molecule has 0 bridgehead atoms. The Hall–Kier alpha value is -8.42. The van der Waals surface area contributed by atoms with Gasteiger partial charge in [-0.3, -0.25) is 52.7 Å². The highest BCUT2D eigenvalue weighted by atomic mass is 16.4. The summed E-state index contributed by atoms with van der Waals surface area (Å²) in [5.74, 6) is -12.2. The first-order valence-electron chi connectivity index (χ1n) is 23.9. The Morgan fingerprint density at radius 3 is 1.72 bits per heavy atom. The highest BCUT2D eigenvalue weighted by molar-refractivity contribution is 5.99. The van der Waals surface area contributed by atoms with Crippen molar-refractivity contribution in [1.29, 1.82) is 0 Å². The smallest absolute Gasteiger partial charge is 0.326 e. The maximum atomic E-state index is 14.4. The number of H-pyrrole nitrogens is 1. The number of aromatic nitrogens is 1. The number of fused-ring (bicyclic) bond motifs is 1. The van der Waals surface area contributed by atoms with Crippen LogP contribution >= 0.6 is 0 Å². The van der Waals surface area contributed by atoms with Crippen molar-refractivity contribution in [2.45, 2.75) is 125 Å². The molecule has 0 unspecified atom stereocenters. The number of nitrogens with one attached hydrogen (secondary N) is 6. The number of benzene rings is 2. The van der Waals surface area contributed by atoms with Crippen LogP contribution in [0.3, 0.4) is 0 Å². The maximum Gasteiger partial charge on any atom is 0.326 e. The number of amides is 10. The average molecular weight is 1030 g/mol. The minimum Gasteiger partial charge on any atom is -0.481 e. The van der Waals surface area contributed by atoms with Crippen LogP contribution < -0.4 is 49.5 Å². The standard InChI is InChI=1S/C48H62N12O14/c49-28(21-26-24-53-29-11-5-4-10-27(26)29)41(66)57-33(22-39(52)63)46(71)60-19-7-13-36(60)47(72)59-18-6-12-35(59)45(70)56-32(20-25-8-2-1-3-9-25)44(69)55-30(14-16-37(50)61)42(67)54-31(15-17-38(51)62)43(68)58-34(48(73)74)23-40(64)65/h1-5,8-11,24,28,30-36,53H,6-7,12-23,49H2,(H2,50,61)(H2,51,62)(H2,52,63)(H,54,67)(H,55,69)(H,56,70)(H,57,66)(H,58,68)(H,64,65)(H,73,74)/t28-,30-,31-,32-,33-,34-,35+,36-/m1/s1. The first-order valence-corrected chi connectivity index (χ1v) is 23.9. The van der Waals surface area contributed by atoms with Crippen LogP contribution in [0.2, 0.25) is 0 Å². The summed E-state index contributed by atoms with van der Waals surface area (Å²) in [7, 11) is 0. The molecule has 2 fully saturated rings. The number of nitrogens with zero attached hydrogens (tertiary/aromatic N) is 2. The van der Waals surface area contributed by atoms with E-state index >= 15 is 0 Å². The fraction of sp³-hybridized carbons (Fsp3) is 0.458. The zero-order chi connectivity index (χ0) is 54.2. The molecule has 26 heteroatoms. The largest absolute Gasteiger partial charge is 0.481 e. The zero-order valence-corrected chi connectivity index (χ0v) is 40.3. The Bertz CT molecular complexity index is 2610. The van der Waals surface area contributed by atoms with Crippen molar-refractivity contribution in [3.8, 4) is 0 Å². The lowest BCUT2D eigenvalue weighted by Gasteiger charge is -2.33. The first kappa shape index (κ1) is 56.5. The summed E-state index contributed by atoms with van der Waals surface area (Å²) < 4.78 is 0. The van der Waals surface area contributed by atoms with Crippen molar-refractivity contribution in [2.24, 2.45) is 22.9 Å². The Morgan fingerprint density at radius 2 is 1.14 bits per heavy atom. The van der Waals surface area contributed by atoms with E-state index in [1.165, 1.54) is 9.80 Å². The number of para-hydroxylation sites is 1. The molecule has 3 heterocycles. The van der Waals surface area contributed by atoms with Crippen LogP contribution in [0.15, 0.2) is 60.8 Å². The molecular formula is C48H62N12O14. The number of rotatable bonds is 27. The lowest BCUT2D eigenvalue weighted by Crippen LogP contribution is -2.60. The molecule has 0 aliphatic carbocycles. The fourth-order valence-corrected chi connectivity index (χ4v) is 8.92. The summed E-state index contributed by atoms with van der Waals surface area (Å²) in [6.45, 7) is 0.152. The maximum absolute atomic E-state index is 14.4. The van der Waals surface area contributed by atoms with E-state index in [2.05, 4.69) is 26.3 Å². The molecule has 0 radical (unpaired) electrons. The molecule has 2 aliphatic rings. The summed E-state index contributed by atoms with van der Waals surface area (Å²) in [4.78, 5) is 162. The third kappa shape index (κ3) is 15.8. The van der Waals surface area contributed by atoms with Gasteiger partial charge in [-0.2, -0.15) is 0 Å². The minimum absolute atomic E-state index is 0.0699. The van der Waals surface area contributed by atoms with E-state index in [-0.39, 0.29) is 38.8 Å². The third-order valence-corrected chi connectivity index (χ3v) is 12.7. The number of aliphatic carboxylic acids is 2. The SMILES string of the molecule is NC(=O)CC[C@@H](NC(=O)[C@@H](CCC(N)=O)NC(=O)[C@@H](Cc1ccccc1)NC(=O)[C@@H]1CCCN1C(=O)[C@H]1CCCN1C(=O)[C@@H](CC(N)=O)NC(=O)[C@H](N)Cc1c[nH]c2ccccc12)C(=O)N[C@H](CC(=O)O)C(=O)O. The third-order valence-electron chi connectivity index (χ3n) is 12.7. The predicted octanol–water partition coefficient (Wildman–Crippen LogP) is -3.35. The van der Waals surface area contributed by atoms with Crippen LogP contribution in [0, 0.1) is 0 Å². The number of carbonyl (C=O) groups excluding carboxylic acids is 10. The molecule has 74 heavy (non-hydrogen) atoms. The Balaban J connectivity index is 1.31. The number of hydrogen-bond acceptors (Lipinski definition) is 13. The Labute approximate surface area is 423 Å². The van der Waals surface area contributed by atoms with Gasteiger partial charge < -0.3 is 74.5 Å². The lowest BCUT2D eigenvalue weighted by atomic mass is 10.0. The van der Waals surface area contributed by atoms with E-state index in [1.807, 2.05) is 29.6 Å². The highest BCUT2D eigenvalue weighted by Crippen LogP contribution is 2.27. The summed E-state index contributed by atoms with van der Waals surface area (Å²) in [6.07, 6.45) is -0.927. The molecule has 3 aromatic rings. The summed E-state index contributed by atoms with van der Waals surface area (Å²) in [5.41, 5.74) is 24.6. The van der Waals surface area contributed by atoms with Gasteiger partial charge in [0.05, 0.1) is 18.9 Å². The van der Waals surface area contributed by atoms with Crippen molar-refractivity contribution < 1.29 is 67.7 Å². The van der Waals surface area contributed by atoms with E-state index in [0.717, 1.165) is 16.5 Å². The van der Waals surface area contributed by atoms with Crippen molar-refractivity contribution in [3.63, 3.8) is 0 Å². The highest BCUT2D eigenvalue weighted by Gasteiger charge is 2.45. The molecule has 2 aliphatic heterocycles. The van der Waals surface area contributed by atoms with E-state index in [9.17, 15) is 62.6 Å². The molecule has 2 saturated heterocycles. The molecular weight excluding hydrogens is 969 g/mol. The molecule has 16 N–H and O–H groups in total. The van der Waals surface area contributed by atoms with Crippen LogP contribution in [0.5, 0.6) is 0 Å². The average Bonchev–Trinajstić information content (AvgIpc) is 4.14.